The van der Waals surface area contributed by atoms with Gasteiger partial charge in [-0.2, -0.15) is 13.2 Å². The minimum atomic E-state index is -4.45. The van der Waals surface area contributed by atoms with Crippen LogP contribution in [0.2, 0.25) is 0 Å². The van der Waals surface area contributed by atoms with Gasteiger partial charge >= 0.3 is 6.18 Å². The maximum Gasteiger partial charge on any atom is 0.433 e. The lowest BCUT2D eigenvalue weighted by atomic mass is 9.80. The first-order chi connectivity index (χ1) is 15.6. The van der Waals surface area contributed by atoms with Crippen molar-refractivity contribution in [2.45, 2.75) is 58.2 Å². The molecule has 1 aliphatic carbocycles. The molecule has 0 unspecified atom stereocenters. The normalized spacial score (nSPS) is 23.2. The molecule has 2 aliphatic rings. The molecule has 1 amide bonds. The van der Waals surface area contributed by atoms with Gasteiger partial charge in [-0.15, -0.1) is 0 Å². The Morgan fingerprint density at radius 2 is 1.97 bits per heavy atom. The van der Waals surface area contributed by atoms with Gasteiger partial charge in [-0.1, -0.05) is 6.42 Å². The number of halogens is 3. The van der Waals surface area contributed by atoms with Gasteiger partial charge in [-0.25, -0.2) is 15.0 Å². The molecule has 2 aromatic heterocycles. The van der Waals surface area contributed by atoms with E-state index < -0.39 is 11.9 Å². The highest BCUT2D eigenvalue weighted by Crippen LogP contribution is 2.35. The lowest BCUT2D eigenvalue weighted by Gasteiger charge is -2.33. The highest BCUT2D eigenvalue weighted by atomic mass is 19.4. The summed E-state index contributed by atoms with van der Waals surface area (Å²) in [6.07, 6.45) is 1.50. The molecule has 3 heterocycles. The number of rotatable bonds is 5. The number of anilines is 2. The summed E-state index contributed by atoms with van der Waals surface area (Å²) in [5.74, 6) is 2.50. The van der Waals surface area contributed by atoms with E-state index in [0.717, 1.165) is 61.7 Å². The molecule has 1 N–H and O–H groups in total. The van der Waals surface area contributed by atoms with Gasteiger partial charge in [0.2, 0.25) is 5.91 Å². The van der Waals surface area contributed by atoms with E-state index in [2.05, 4.69) is 15.3 Å². The van der Waals surface area contributed by atoms with Crippen molar-refractivity contribution in [2.24, 2.45) is 11.8 Å². The number of carbonyl (C=O) groups excluding carboxylic acids is 1. The Hall–Kier alpha value is -2.91. The minimum absolute atomic E-state index is 0.0668. The Balaban J connectivity index is 1.37. The smallest absolute Gasteiger partial charge is 0.433 e. The van der Waals surface area contributed by atoms with Gasteiger partial charge in [0.15, 0.2) is 5.82 Å². The molecule has 0 saturated heterocycles. The molecular weight excluding hydrogens is 435 g/mol. The third-order valence-corrected chi connectivity index (χ3v) is 6.53. The number of nitrogens with one attached hydrogen (secondary N) is 1. The fourth-order valence-electron chi connectivity index (χ4n) is 4.54. The van der Waals surface area contributed by atoms with Crippen LogP contribution in [0.4, 0.5) is 24.7 Å². The van der Waals surface area contributed by atoms with E-state index in [-0.39, 0.29) is 11.9 Å². The zero-order valence-electron chi connectivity index (χ0n) is 18.9. The largest absolute Gasteiger partial charge is 0.492 e. The first-order valence-corrected chi connectivity index (χ1v) is 11.2. The summed E-state index contributed by atoms with van der Waals surface area (Å²) in [5.41, 5.74) is 0.504. The summed E-state index contributed by atoms with van der Waals surface area (Å²) in [7, 11) is 1.86. The average molecular weight is 464 g/mol. The number of likely N-dealkylation sites (N-methyl/N-ethyl adjacent to an activating group) is 1. The van der Waals surface area contributed by atoms with E-state index in [0.29, 0.717) is 29.9 Å². The second-order valence-electron chi connectivity index (χ2n) is 8.99. The monoisotopic (exact) mass is 463 g/mol. The summed E-state index contributed by atoms with van der Waals surface area (Å²) in [5, 5.41) is 2.90. The van der Waals surface area contributed by atoms with Gasteiger partial charge in [-0.3, -0.25) is 4.79 Å². The van der Waals surface area contributed by atoms with E-state index in [1.807, 2.05) is 25.8 Å². The van der Waals surface area contributed by atoms with E-state index >= 15 is 0 Å². The summed E-state index contributed by atoms with van der Waals surface area (Å²) >= 11 is 0. The number of aromatic nitrogens is 3. The van der Waals surface area contributed by atoms with Crippen molar-refractivity contribution in [3.05, 3.63) is 35.5 Å². The lowest BCUT2D eigenvalue weighted by molar-refractivity contribution is -0.141. The topological polar surface area (TPSA) is 80.2 Å². The Kier molecular flexibility index (Phi) is 6.45. The lowest BCUT2D eigenvalue weighted by Crippen LogP contribution is -2.45. The van der Waals surface area contributed by atoms with Gasteiger partial charge in [-0.05, 0) is 57.1 Å². The van der Waals surface area contributed by atoms with Crippen molar-refractivity contribution >= 4 is 17.4 Å². The number of nitrogens with zero attached hydrogens (tertiary/aromatic N) is 4. The van der Waals surface area contributed by atoms with E-state index in [9.17, 15) is 18.0 Å². The van der Waals surface area contributed by atoms with Crippen LogP contribution in [0.25, 0.3) is 0 Å². The number of amides is 1. The predicted molar refractivity (Wildman–Crippen MR) is 117 cm³/mol. The molecule has 7 nitrogen and oxygen atoms in total. The Morgan fingerprint density at radius 1 is 1.21 bits per heavy atom. The van der Waals surface area contributed by atoms with Crippen LogP contribution in [0, 0.1) is 18.8 Å². The second kappa shape index (κ2) is 9.15. The molecule has 10 heteroatoms. The molecule has 4 rings (SSSR count). The molecule has 3 atom stereocenters. The summed E-state index contributed by atoms with van der Waals surface area (Å²) in [6.45, 7) is 4.16. The quantitative estimate of drug-likeness (QED) is 0.708. The van der Waals surface area contributed by atoms with E-state index in [1.54, 1.807) is 0 Å². The number of aryl methyl sites for hydroxylation is 1. The standard InChI is InChI=1S/C23H28F3N5O2/c1-13-20-21(31(3)14(2)22(32)30-20)29-19(28-13)10-15-5-4-6-16(9-15)12-33-17-7-8-18(27-11-17)23(24,25)26/h7-8,11,14-16H,4-6,9-10,12H2,1-3H3,(H,30,32)/t14-,15+,16+/m0/s1. The molecule has 0 bridgehead atoms. The van der Waals surface area contributed by atoms with Crippen LogP contribution in [0.5, 0.6) is 5.75 Å². The summed E-state index contributed by atoms with van der Waals surface area (Å²) in [4.78, 5) is 26.8. The Morgan fingerprint density at radius 3 is 2.67 bits per heavy atom. The fraction of sp³-hybridized carbons (Fsp3) is 0.565. The van der Waals surface area contributed by atoms with E-state index in [1.165, 1.54) is 6.07 Å². The first-order valence-electron chi connectivity index (χ1n) is 11.2. The number of ether oxygens (including phenoxy) is 1. The first kappa shape index (κ1) is 23.3. The van der Waals surface area contributed by atoms with Crippen LogP contribution in [0.3, 0.4) is 0 Å². The maximum atomic E-state index is 12.7. The maximum absolute atomic E-state index is 12.7. The molecule has 178 valence electrons. The van der Waals surface area contributed by atoms with Crippen molar-refractivity contribution in [1.82, 2.24) is 15.0 Å². The van der Waals surface area contributed by atoms with Crippen molar-refractivity contribution in [2.75, 3.05) is 23.9 Å². The molecule has 1 fully saturated rings. The van der Waals surface area contributed by atoms with Gasteiger partial charge in [0.25, 0.3) is 0 Å². The molecule has 2 aromatic rings. The number of fused-ring (bicyclic) bond motifs is 1. The minimum Gasteiger partial charge on any atom is -0.492 e. The van der Waals surface area contributed by atoms with Crippen molar-refractivity contribution in [3.63, 3.8) is 0 Å². The average Bonchev–Trinajstić information content (AvgIpc) is 2.77. The number of pyridine rings is 1. The SMILES string of the molecule is Cc1nc(C[C@@H]2CCC[C@@H](COc3ccc(C(F)(F)F)nc3)C2)nc2c1NC(=O)[C@H](C)N2C. The molecule has 33 heavy (non-hydrogen) atoms. The number of alkyl halides is 3. The highest BCUT2D eigenvalue weighted by molar-refractivity contribution is 6.02. The zero-order chi connectivity index (χ0) is 23.8. The van der Waals surface area contributed by atoms with Crippen LogP contribution < -0.4 is 15.0 Å². The van der Waals surface area contributed by atoms with Crippen LogP contribution in [-0.4, -0.2) is 40.6 Å². The molecule has 0 aromatic carbocycles. The number of hydrogen-bond acceptors (Lipinski definition) is 6. The number of carbonyl (C=O) groups is 1. The summed E-state index contributed by atoms with van der Waals surface area (Å²) < 4.78 is 43.7. The molecular formula is C23H28F3N5O2. The third-order valence-electron chi connectivity index (χ3n) is 6.53. The van der Waals surface area contributed by atoms with Crippen molar-refractivity contribution in [1.29, 1.82) is 0 Å². The van der Waals surface area contributed by atoms with Crippen molar-refractivity contribution < 1.29 is 22.7 Å². The van der Waals surface area contributed by atoms with Gasteiger partial charge < -0.3 is 15.0 Å². The molecule has 1 aliphatic heterocycles. The summed E-state index contributed by atoms with van der Waals surface area (Å²) in [6, 6.07) is 1.96. The fourth-order valence-corrected chi connectivity index (χ4v) is 4.54. The van der Waals surface area contributed by atoms with Crippen LogP contribution in [0.1, 0.15) is 49.8 Å². The number of hydrogen-bond donors (Lipinski definition) is 1. The van der Waals surface area contributed by atoms with Gasteiger partial charge in [0.05, 0.1) is 18.5 Å². The van der Waals surface area contributed by atoms with Crippen LogP contribution in [-0.2, 0) is 17.4 Å². The highest BCUT2D eigenvalue weighted by Gasteiger charge is 2.33. The third kappa shape index (κ3) is 5.20. The van der Waals surface area contributed by atoms with Crippen LogP contribution >= 0.6 is 0 Å². The van der Waals surface area contributed by atoms with Crippen molar-refractivity contribution in [3.8, 4) is 5.75 Å². The van der Waals surface area contributed by atoms with Gasteiger partial charge in [0, 0.05) is 13.5 Å². The molecule has 1 saturated carbocycles. The Bertz CT molecular complexity index is 1010. The zero-order valence-corrected chi connectivity index (χ0v) is 18.9. The Labute approximate surface area is 190 Å². The van der Waals surface area contributed by atoms with E-state index in [4.69, 9.17) is 9.72 Å². The second-order valence-corrected chi connectivity index (χ2v) is 8.99. The molecule has 0 spiro atoms. The van der Waals surface area contributed by atoms with Gasteiger partial charge in [0.1, 0.15) is 29.0 Å². The predicted octanol–water partition coefficient (Wildman–Crippen LogP) is 4.40. The molecule has 0 radical (unpaired) electrons. The van der Waals surface area contributed by atoms with Crippen LogP contribution in [0.15, 0.2) is 18.3 Å².